The van der Waals surface area contributed by atoms with E-state index in [4.69, 9.17) is 4.74 Å². The summed E-state index contributed by atoms with van der Waals surface area (Å²) in [5.41, 5.74) is 8.49. The summed E-state index contributed by atoms with van der Waals surface area (Å²) in [7, 11) is 7.86. The van der Waals surface area contributed by atoms with Crippen LogP contribution in [0.15, 0.2) is 66.7 Å². The Hall–Kier alpha value is -5.09. The zero-order valence-corrected chi connectivity index (χ0v) is 31.8. The predicted molar refractivity (Wildman–Crippen MR) is 206 cm³/mol. The monoisotopic (exact) mass is 717 g/mol. The first-order valence-electron chi connectivity index (χ1n) is 18.8. The van der Waals surface area contributed by atoms with Crippen LogP contribution < -0.4 is 4.90 Å². The first-order valence-corrected chi connectivity index (χ1v) is 18.8. The average Bonchev–Trinajstić information content (AvgIpc) is 3.46. The second-order valence-corrected chi connectivity index (χ2v) is 15.3. The lowest BCUT2D eigenvalue weighted by atomic mass is 9.90. The number of aromatic hydroxyl groups is 1. The molecule has 4 aromatic rings. The first kappa shape index (κ1) is 36.3. The summed E-state index contributed by atoms with van der Waals surface area (Å²) in [4.78, 5) is 49.8. The van der Waals surface area contributed by atoms with Crippen molar-refractivity contribution in [2.45, 2.75) is 83.6 Å². The third-order valence-corrected chi connectivity index (χ3v) is 11.8. The quantitative estimate of drug-likeness (QED) is 0.232. The van der Waals surface area contributed by atoms with E-state index in [0.29, 0.717) is 48.9 Å². The number of rotatable bonds is 6. The molecule has 1 atom stereocenters. The van der Waals surface area contributed by atoms with Crippen LogP contribution in [0.5, 0.6) is 5.75 Å². The smallest absolute Gasteiger partial charge is 0.410 e. The molecule has 10 heteroatoms. The molecule has 53 heavy (non-hydrogen) atoms. The van der Waals surface area contributed by atoms with E-state index in [9.17, 15) is 19.5 Å². The topological polar surface area (TPSA) is 98.6 Å². The fourth-order valence-corrected chi connectivity index (χ4v) is 8.30. The third-order valence-electron chi connectivity index (χ3n) is 11.8. The van der Waals surface area contributed by atoms with Crippen LogP contribution in [0.3, 0.4) is 0 Å². The normalized spacial score (nSPS) is 19.8. The highest BCUT2D eigenvalue weighted by atomic mass is 16.6. The summed E-state index contributed by atoms with van der Waals surface area (Å²) >= 11 is 0. The van der Waals surface area contributed by atoms with Gasteiger partial charge in [-0.15, -0.1) is 0 Å². The molecule has 1 fully saturated rings. The van der Waals surface area contributed by atoms with E-state index in [1.54, 1.807) is 41.1 Å². The lowest BCUT2D eigenvalue weighted by molar-refractivity contribution is 0.0309. The Labute approximate surface area is 312 Å². The molecule has 0 unspecified atom stereocenters. The van der Waals surface area contributed by atoms with Gasteiger partial charge in [0, 0.05) is 74.0 Å². The molecule has 1 aromatic heterocycles. The van der Waals surface area contributed by atoms with Crippen molar-refractivity contribution in [1.82, 2.24) is 19.3 Å². The number of ether oxygens (including phenoxy) is 1. The van der Waals surface area contributed by atoms with Crippen LogP contribution in [0.25, 0.3) is 11.3 Å². The maximum absolute atomic E-state index is 14.8. The number of fused-ring (bicyclic) bond motifs is 2. The van der Waals surface area contributed by atoms with Crippen LogP contribution in [0.1, 0.15) is 81.3 Å². The van der Waals surface area contributed by atoms with Gasteiger partial charge in [-0.25, -0.2) is 4.79 Å². The molecule has 3 aliphatic rings. The van der Waals surface area contributed by atoms with Gasteiger partial charge in [-0.05, 0) is 131 Å². The maximum Gasteiger partial charge on any atom is 0.410 e. The Bertz CT molecular complexity index is 2030. The second-order valence-electron chi connectivity index (χ2n) is 15.3. The fourth-order valence-electron chi connectivity index (χ4n) is 8.30. The molecule has 1 N–H and O–H groups in total. The van der Waals surface area contributed by atoms with Crippen molar-refractivity contribution in [3.05, 3.63) is 106 Å². The van der Waals surface area contributed by atoms with E-state index in [-0.39, 0.29) is 35.8 Å². The zero-order chi connectivity index (χ0) is 37.6. The summed E-state index contributed by atoms with van der Waals surface area (Å²) in [6.07, 6.45) is 4.79. The second kappa shape index (κ2) is 14.7. The predicted octanol–water partition coefficient (Wildman–Crippen LogP) is 6.94. The van der Waals surface area contributed by atoms with Crippen LogP contribution in [-0.2, 0) is 37.7 Å². The molecule has 3 amide bonds. The van der Waals surface area contributed by atoms with E-state index in [1.807, 2.05) is 47.7 Å². The van der Waals surface area contributed by atoms with E-state index >= 15 is 0 Å². The molecular weight excluding hydrogens is 667 g/mol. The number of hydrogen-bond donors (Lipinski definition) is 1. The molecule has 0 saturated heterocycles. The number of carbonyl (C=O) groups excluding carboxylic acids is 3. The number of hydrogen-bond acceptors (Lipinski definition) is 6. The molecule has 1 aliphatic carbocycles. The number of carbonyl (C=O) groups is 3. The van der Waals surface area contributed by atoms with Gasteiger partial charge in [-0.2, -0.15) is 0 Å². The Kier molecular flexibility index (Phi) is 10.1. The minimum atomic E-state index is -0.291. The number of anilines is 1. The van der Waals surface area contributed by atoms with Crippen molar-refractivity contribution in [2.24, 2.45) is 7.05 Å². The van der Waals surface area contributed by atoms with E-state index in [0.717, 1.165) is 65.7 Å². The SMILES string of the molecule is Cc1c(C(=O)N(C)c2ccc(O)cc2)cc(-c2cc3c(cc2C(=O)N2Cc4ccccc4C[C@H]2C)CN(C(=O)O[C@H]2CC[C@H](N(C)C)CC2)CC3)n1C. The number of benzene rings is 3. The van der Waals surface area contributed by atoms with Crippen LogP contribution in [-0.4, -0.2) is 88.2 Å². The van der Waals surface area contributed by atoms with Gasteiger partial charge in [-0.3, -0.25) is 9.59 Å². The summed E-state index contributed by atoms with van der Waals surface area (Å²) < 4.78 is 8.03. The summed E-state index contributed by atoms with van der Waals surface area (Å²) in [5.74, 6) is -0.131. The van der Waals surface area contributed by atoms with Crippen molar-refractivity contribution in [3.63, 3.8) is 0 Å². The van der Waals surface area contributed by atoms with Gasteiger partial charge in [0.05, 0.1) is 5.56 Å². The highest BCUT2D eigenvalue weighted by Crippen LogP contribution is 2.36. The standard InChI is InChI=1S/C43H51N5O5/c1-27-21-29-9-7-8-10-31(29)26-48(27)42(51)39-23-32-25-47(43(52)53-36-17-13-33(14-18-36)44(3)4)20-19-30(32)22-38(39)40-24-37(28(2)45(40)5)41(50)46(6)34-11-15-35(49)16-12-34/h7-12,15-16,22-24,27,33,36,49H,13-14,17-21,25-26H2,1-6H3/t27-,33-,36-/m1/s1. The van der Waals surface area contributed by atoms with Crippen LogP contribution in [0, 0.1) is 6.92 Å². The first-order chi connectivity index (χ1) is 25.4. The van der Waals surface area contributed by atoms with Gasteiger partial charge < -0.3 is 34.0 Å². The summed E-state index contributed by atoms with van der Waals surface area (Å²) in [5, 5.41) is 9.78. The van der Waals surface area contributed by atoms with Gasteiger partial charge in [0.25, 0.3) is 11.8 Å². The Morgan fingerprint density at radius 2 is 1.53 bits per heavy atom. The van der Waals surface area contributed by atoms with Crippen LogP contribution in [0.2, 0.25) is 0 Å². The third kappa shape index (κ3) is 7.17. The minimum Gasteiger partial charge on any atom is -0.508 e. The summed E-state index contributed by atoms with van der Waals surface area (Å²) in [6, 6.07) is 21.3. The number of phenols is 1. The molecule has 7 rings (SSSR count). The van der Waals surface area contributed by atoms with E-state index in [1.165, 1.54) is 5.56 Å². The molecule has 3 aromatic carbocycles. The Balaban J connectivity index is 1.22. The van der Waals surface area contributed by atoms with Gasteiger partial charge in [0.1, 0.15) is 11.9 Å². The highest BCUT2D eigenvalue weighted by Gasteiger charge is 2.33. The Morgan fingerprint density at radius 1 is 0.830 bits per heavy atom. The largest absolute Gasteiger partial charge is 0.508 e. The van der Waals surface area contributed by atoms with E-state index in [2.05, 4.69) is 44.1 Å². The van der Waals surface area contributed by atoms with Gasteiger partial charge in [-0.1, -0.05) is 24.3 Å². The number of phenolic OH excluding ortho intramolecular Hbond substituents is 1. The van der Waals surface area contributed by atoms with Crippen LogP contribution >= 0.6 is 0 Å². The Morgan fingerprint density at radius 3 is 2.23 bits per heavy atom. The molecule has 3 heterocycles. The van der Waals surface area contributed by atoms with E-state index < -0.39 is 0 Å². The van der Waals surface area contributed by atoms with Crippen molar-refractivity contribution < 1.29 is 24.2 Å². The van der Waals surface area contributed by atoms with Crippen LogP contribution in [0.4, 0.5) is 10.5 Å². The van der Waals surface area contributed by atoms with Crippen molar-refractivity contribution in [3.8, 4) is 17.0 Å². The lowest BCUT2D eigenvalue weighted by Gasteiger charge is -2.36. The maximum atomic E-state index is 14.8. The molecular formula is C43H51N5O5. The highest BCUT2D eigenvalue weighted by molar-refractivity contribution is 6.08. The molecule has 0 radical (unpaired) electrons. The average molecular weight is 718 g/mol. The summed E-state index contributed by atoms with van der Waals surface area (Å²) in [6.45, 7) is 5.42. The zero-order valence-electron chi connectivity index (χ0n) is 31.8. The molecule has 0 spiro atoms. The molecule has 1 saturated carbocycles. The molecule has 2 aliphatic heterocycles. The van der Waals surface area contributed by atoms with Crippen molar-refractivity contribution in [2.75, 3.05) is 32.6 Å². The fraction of sp³-hybridized carbons (Fsp3) is 0.419. The van der Waals surface area contributed by atoms with Gasteiger partial charge in [0.15, 0.2) is 0 Å². The molecule has 10 nitrogen and oxygen atoms in total. The van der Waals surface area contributed by atoms with Gasteiger partial charge >= 0.3 is 6.09 Å². The number of amides is 3. The lowest BCUT2D eigenvalue weighted by Crippen LogP contribution is -2.43. The van der Waals surface area contributed by atoms with Crippen molar-refractivity contribution >= 4 is 23.6 Å². The number of aromatic nitrogens is 1. The number of nitrogens with zero attached hydrogens (tertiary/aromatic N) is 5. The van der Waals surface area contributed by atoms with Gasteiger partial charge in [0.2, 0.25) is 0 Å². The minimum absolute atomic E-state index is 0.0124. The van der Waals surface area contributed by atoms with Crippen molar-refractivity contribution in [1.29, 1.82) is 0 Å². The molecule has 0 bridgehead atoms. The molecule has 278 valence electrons.